The van der Waals surface area contributed by atoms with Crippen molar-refractivity contribution in [2.75, 3.05) is 18.6 Å². The molecule has 0 aliphatic heterocycles. The van der Waals surface area contributed by atoms with Crippen LogP contribution in [0.5, 0.6) is 0 Å². The molecule has 2 aromatic rings. The summed E-state index contributed by atoms with van der Waals surface area (Å²) in [4.78, 5) is 50.9. The molecule has 0 bridgehead atoms. The maximum absolute atomic E-state index is 12.8. The van der Waals surface area contributed by atoms with Crippen molar-refractivity contribution < 1.29 is 14.7 Å². The van der Waals surface area contributed by atoms with E-state index >= 15 is 0 Å². The molecule has 0 aliphatic rings. The summed E-state index contributed by atoms with van der Waals surface area (Å²) in [6.45, 7) is 0.168. The average molecular weight is 379 g/mol. The topological polar surface area (TPSA) is 121 Å². The van der Waals surface area contributed by atoms with Gasteiger partial charge in [0.15, 0.2) is 0 Å². The summed E-state index contributed by atoms with van der Waals surface area (Å²) < 4.78 is 0.949. The van der Waals surface area contributed by atoms with Gasteiger partial charge in [0.05, 0.1) is 10.9 Å². The van der Waals surface area contributed by atoms with Gasteiger partial charge in [-0.15, -0.1) is 0 Å². The van der Waals surface area contributed by atoms with Gasteiger partial charge in [-0.3, -0.25) is 14.4 Å². The van der Waals surface area contributed by atoms with Crippen molar-refractivity contribution in [1.29, 1.82) is 0 Å². The number of aromatic nitrogens is 2. The molecule has 2 rings (SSSR count). The zero-order chi connectivity index (χ0) is 19.1. The Kier molecular flexibility index (Phi) is 7.02. The molecule has 0 saturated carbocycles. The summed E-state index contributed by atoms with van der Waals surface area (Å²) in [5, 5.41) is 11.6. The van der Waals surface area contributed by atoms with Crippen LogP contribution < -0.4 is 16.6 Å². The van der Waals surface area contributed by atoms with Crippen molar-refractivity contribution in [1.82, 2.24) is 14.9 Å². The minimum Gasteiger partial charge on any atom is -0.481 e. The Balaban J connectivity index is 2.33. The molecule has 1 aromatic carbocycles. The zero-order valence-corrected chi connectivity index (χ0v) is 15.2. The van der Waals surface area contributed by atoms with Gasteiger partial charge in [-0.25, -0.2) is 9.36 Å². The number of para-hydroxylation sites is 1. The van der Waals surface area contributed by atoms with Crippen LogP contribution >= 0.6 is 11.8 Å². The third kappa shape index (κ3) is 4.75. The van der Waals surface area contributed by atoms with Gasteiger partial charge < -0.3 is 15.4 Å². The number of carbonyl (C=O) groups is 2. The number of nitrogens with zero attached hydrogens (tertiary/aromatic N) is 1. The molecule has 1 amide bonds. The fourth-order valence-electron chi connectivity index (χ4n) is 2.64. The van der Waals surface area contributed by atoms with Crippen LogP contribution in [0, 0.1) is 0 Å². The van der Waals surface area contributed by atoms with Crippen LogP contribution in [0.2, 0.25) is 0 Å². The molecule has 8 nitrogen and oxygen atoms in total. The summed E-state index contributed by atoms with van der Waals surface area (Å²) >= 11 is 1.50. The van der Waals surface area contributed by atoms with Crippen LogP contribution in [0.4, 0.5) is 0 Å². The highest BCUT2D eigenvalue weighted by atomic mass is 32.2. The number of thioether (sulfide) groups is 1. The summed E-state index contributed by atoms with van der Waals surface area (Å²) in [6.07, 6.45) is 2.40. The number of amides is 1. The fraction of sp³-hybridized carbons (Fsp3) is 0.412. The molecule has 140 valence electrons. The van der Waals surface area contributed by atoms with Crippen LogP contribution in [-0.2, 0) is 9.59 Å². The van der Waals surface area contributed by atoms with Crippen LogP contribution in [0.3, 0.4) is 0 Å². The van der Waals surface area contributed by atoms with Gasteiger partial charge in [0.1, 0.15) is 6.04 Å². The molecule has 0 spiro atoms. The second-order valence-corrected chi connectivity index (χ2v) is 6.72. The molecule has 3 N–H and O–H groups in total. The molecule has 1 unspecified atom stereocenters. The predicted octanol–water partition coefficient (Wildman–Crippen LogP) is 0.965. The standard InChI is InChI=1S/C17H21N3O5S/c1-26-10-8-13(15(23)18-9-4-7-14(21)22)20-16(24)11-5-2-3-6-12(11)19-17(20)25/h2-3,5-6,13H,4,7-10H2,1H3,(H,18,23)(H,19,25)(H,21,22). The molecule has 26 heavy (non-hydrogen) atoms. The Labute approximate surface area is 153 Å². The van der Waals surface area contributed by atoms with E-state index in [-0.39, 0.29) is 19.4 Å². The lowest BCUT2D eigenvalue weighted by atomic mass is 10.1. The number of nitrogens with one attached hydrogen (secondary N) is 2. The summed E-state index contributed by atoms with van der Waals surface area (Å²) in [7, 11) is 0. The molecule has 0 aliphatic carbocycles. The molecule has 1 atom stereocenters. The maximum atomic E-state index is 12.8. The van der Waals surface area contributed by atoms with Crippen molar-refractivity contribution in [2.45, 2.75) is 25.3 Å². The quantitative estimate of drug-likeness (QED) is 0.558. The second-order valence-electron chi connectivity index (χ2n) is 5.74. The van der Waals surface area contributed by atoms with Gasteiger partial charge in [0, 0.05) is 13.0 Å². The highest BCUT2D eigenvalue weighted by Crippen LogP contribution is 2.13. The maximum Gasteiger partial charge on any atom is 0.329 e. The first-order chi connectivity index (χ1) is 12.5. The van der Waals surface area contributed by atoms with Crippen LogP contribution in [0.25, 0.3) is 10.9 Å². The van der Waals surface area contributed by atoms with Gasteiger partial charge >= 0.3 is 11.7 Å². The normalized spacial score (nSPS) is 12.0. The lowest BCUT2D eigenvalue weighted by Gasteiger charge is -2.18. The lowest BCUT2D eigenvalue weighted by molar-refractivity contribution is -0.137. The Bertz CT molecular complexity index is 905. The summed E-state index contributed by atoms with van der Waals surface area (Å²) in [5.74, 6) is -0.820. The fourth-order valence-corrected chi connectivity index (χ4v) is 3.09. The Hall–Kier alpha value is -2.55. The number of H-pyrrole nitrogens is 1. The van der Waals surface area contributed by atoms with E-state index in [1.54, 1.807) is 24.3 Å². The van der Waals surface area contributed by atoms with Gasteiger partial charge in [-0.2, -0.15) is 11.8 Å². The number of aliphatic carboxylic acids is 1. The van der Waals surface area contributed by atoms with Crippen LogP contribution in [-0.4, -0.2) is 45.1 Å². The van der Waals surface area contributed by atoms with Gasteiger partial charge in [-0.1, -0.05) is 12.1 Å². The van der Waals surface area contributed by atoms with Gasteiger partial charge in [0.25, 0.3) is 5.56 Å². The Morgan fingerprint density at radius 3 is 2.73 bits per heavy atom. The third-order valence-corrected chi connectivity index (χ3v) is 4.56. The number of hydrogen-bond donors (Lipinski definition) is 3. The van der Waals surface area contributed by atoms with Gasteiger partial charge in [-0.05, 0) is 37.0 Å². The summed E-state index contributed by atoms with van der Waals surface area (Å²) in [5.41, 5.74) is -0.735. The van der Waals surface area contributed by atoms with Crippen LogP contribution in [0.1, 0.15) is 25.3 Å². The average Bonchev–Trinajstić information content (AvgIpc) is 2.61. The highest BCUT2D eigenvalue weighted by Gasteiger charge is 2.24. The predicted molar refractivity (Wildman–Crippen MR) is 101 cm³/mol. The van der Waals surface area contributed by atoms with E-state index in [0.717, 1.165) is 4.57 Å². The number of rotatable bonds is 9. The van der Waals surface area contributed by atoms with E-state index in [4.69, 9.17) is 5.11 Å². The van der Waals surface area contributed by atoms with E-state index < -0.39 is 29.2 Å². The zero-order valence-electron chi connectivity index (χ0n) is 14.4. The first-order valence-electron chi connectivity index (χ1n) is 8.17. The van der Waals surface area contributed by atoms with E-state index in [0.29, 0.717) is 23.1 Å². The SMILES string of the molecule is CSCCC(C(=O)NCCCC(=O)O)n1c(=O)[nH]c2ccccc2c1=O. The van der Waals surface area contributed by atoms with E-state index in [1.165, 1.54) is 11.8 Å². The van der Waals surface area contributed by atoms with E-state index in [9.17, 15) is 19.2 Å². The van der Waals surface area contributed by atoms with Crippen molar-refractivity contribution in [3.8, 4) is 0 Å². The highest BCUT2D eigenvalue weighted by molar-refractivity contribution is 7.98. The lowest BCUT2D eigenvalue weighted by Crippen LogP contribution is -2.45. The first kappa shape index (κ1) is 19.8. The van der Waals surface area contributed by atoms with Crippen molar-refractivity contribution in [3.63, 3.8) is 0 Å². The number of benzene rings is 1. The Morgan fingerprint density at radius 2 is 2.04 bits per heavy atom. The van der Waals surface area contributed by atoms with Crippen molar-refractivity contribution >= 4 is 34.5 Å². The molecular weight excluding hydrogens is 358 g/mol. The van der Waals surface area contributed by atoms with Crippen LogP contribution in [0.15, 0.2) is 33.9 Å². The van der Waals surface area contributed by atoms with Crippen molar-refractivity contribution in [2.24, 2.45) is 0 Å². The first-order valence-corrected chi connectivity index (χ1v) is 9.57. The molecule has 0 saturated heterocycles. The molecule has 9 heteroatoms. The molecule has 1 aromatic heterocycles. The minimum atomic E-state index is -0.951. The summed E-state index contributed by atoms with van der Waals surface area (Å²) in [6, 6.07) is 5.68. The molecule has 1 heterocycles. The largest absolute Gasteiger partial charge is 0.481 e. The third-order valence-electron chi connectivity index (χ3n) is 3.91. The monoisotopic (exact) mass is 379 g/mol. The number of fused-ring (bicyclic) bond motifs is 1. The number of aromatic amines is 1. The number of carboxylic acids is 1. The van der Waals surface area contributed by atoms with Gasteiger partial charge in [0.2, 0.25) is 5.91 Å². The van der Waals surface area contributed by atoms with E-state index in [2.05, 4.69) is 10.3 Å². The second kappa shape index (κ2) is 9.23. The number of carboxylic acid groups (broad SMARTS) is 1. The van der Waals surface area contributed by atoms with E-state index in [1.807, 2.05) is 6.26 Å². The smallest absolute Gasteiger partial charge is 0.329 e. The minimum absolute atomic E-state index is 0.0632. The molecular formula is C17H21N3O5S. The number of carbonyl (C=O) groups excluding carboxylic acids is 1. The molecule has 0 fully saturated rings. The Morgan fingerprint density at radius 1 is 1.31 bits per heavy atom. The van der Waals surface area contributed by atoms with Crippen molar-refractivity contribution in [3.05, 3.63) is 45.1 Å². The molecule has 0 radical (unpaired) electrons. The number of hydrogen-bond acceptors (Lipinski definition) is 5.